The van der Waals surface area contributed by atoms with Gasteiger partial charge < -0.3 is 24.8 Å². The number of hydrogen-bond donors (Lipinski definition) is 2. The van der Waals surface area contributed by atoms with Gasteiger partial charge in [-0.05, 0) is 18.2 Å². The van der Waals surface area contributed by atoms with Crippen LogP contribution in [0.15, 0.2) is 18.2 Å². The first-order valence-electron chi connectivity index (χ1n) is 8.76. The van der Waals surface area contributed by atoms with Crippen LogP contribution in [0.3, 0.4) is 0 Å². The second-order valence-corrected chi connectivity index (χ2v) is 7.01. The number of methoxy groups -OCH3 is 1. The third-order valence-corrected chi connectivity index (χ3v) is 4.79. The number of nitrogens with one attached hydrogen (secondary N) is 2. The summed E-state index contributed by atoms with van der Waals surface area (Å²) in [4.78, 5) is 40.3. The highest BCUT2D eigenvalue weighted by Gasteiger charge is 2.25. The Labute approximate surface area is 164 Å². The van der Waals surface area contributed by atoms with Crippen LogP contribution in [0.25, 0.3) is 0 Å². The Morgan fingerprint density at radius 2 is 1.96 bits per heavy atom. The van der Waals surface area contributed by atoms with Gasteiger partial charge in [0.05, 0.1) is 45.5 Å². The summed E-state index contributed by atoms with van der Waals surface area (Å²) in [6.07, 6.45) is 0. The van der Waals surface area contributed by atoms with Crippen molar-refractivity contribution in [2.75, 3.05) is 58.7 Å². The monoisotopic (exact) mass is 397 g/mol. The molecule has 0 aliphatic carbocycles. The Kier molecular flexibility index (Phi) is 7.44. The fraction of sp³-hybridized carbons (Fsp3) is 0.500. The molecule has 0 unspecified atom stereocenters. The van der Waals surface area contributed by atoms with Gasteiger partial charge in [-0.2, -0.15) is 0 Å². The van der Waals surface area contributed by atoms with Crippen molar-refractivity contribution in [2.24, 2.45) is 0 Å². The highest BCUT2D eigenvalue weighted by Crippen LogP contribution is 2.27. The fourth-order valence-corrected chi connectivity index (χ4v) is 3.11. The maximum Gasteiger partial charge on any atom is 0.277 e. The lowest BCUT2D eigenvalue weighted by Gasteiger charge is -2.31. The number of likely N-dealkylation sites (N-methyl/N-ethyl adjacent to an activating group) is 1. The van der Waals surface area contributed by atoms with E-state index in [0.717, 1.165) is 18.0 Å². The van der Waals surface area contributed by atoms with Crippen LogP contribution >= 0.6 is 11.6 Å². The Bertz CT molecular complexity index is 705. The normalized spacial score (nSPS) is 14.6. The molecule has 1 saturated heterocycles. The first kappa shape index (κ1) is 21.0. The minimum Gasteiger partial charge on any atom is -0.495 e. The lowest BCUT2D eigenvalue weighted by molar-refractivity contribution is -0.896. The van der Waals surface area contributed by atoms with Gasteiger partial charge in [-0.15, -0.1) is 0 Å². The molecule has 3 amide bonds. The van der Waals surface area contributed by atoms with E-state index in [1.54, 1.807) is 37.1 Å². The molecule has 0 aromatic heterocycles. The molecule has 8 nitrogen and oxygen atoms in total. The first-order valence-corrected chi connectivity index (χ1v) is 9.14. The van der Waals surface area contributed by atoms with Gasteiger partial charge in [0, 0.05) is 19.0 Å². The maximum absolute atomic E-state index is 12.4. The molecule has 0 spiro atoms. The number of amides is 3. The van der Waals surface area contributed by atoms with Crippen molar-refractivity contribution in [1.82, 2.24) is 9.80 Å². The highest BCUT2D eigenvalue weighted by molar-refractivity contribution is 6.31. The molecule has 1 aromatic rings. The summed E-state index contributed by atoms with van der Waals surface area (Å²) in [5.41, 5.74) is 0.460. The average molecular weight is 398 g/mol. The van der Waals surface area contributed by atoms with E-state index in [0.29, 0.717) is 36.1 Å². The molecule has 1 fully saturated rings. The number of carbonyl (C=O) groups is 3. The van der Waals surface area contributed by atoms with E-state index in [4.69, 9.17) is 16.3 Å². The molecule has 1 heterocycles. The van der Waals surface area contributed by atoms with Crippen LogP contribution < -0.4 is 15.0 Å². The summed E-state index contributed by atoms with van der Waals surface area (Å²) < 4.78 is 5.19. The largest absolute Gasteiger partial charge is 0.495 e. The lowest BCUT2D eigenvalue weighted by Crippen LogP contribution is -3.15. The van der Waals surface area contributed by atoms with Gasteiger partial charge in [-0.25, -0.2) is 0 Å². The number of ether oxygens (including phenoxy) is 1. The maximum atomic E-state index is 12.4. The Morgan fingerprint density at radius 1 is 1.30 bits per heavy atom. The number of benzene rings is 1. The number of halogens is 1. The Balaban J connectivity index is 1.83. The Morgan fingerprint density at radius 3 is 2.56 bits per heavy atom. The SMILES string of the molecule is COc1ccc(Cl)cc1NC(=O)CN(C)C(=O)C[NH+]1CCN(C(C)=O)CC1. The van der Waals surface area contributed by atoms with Crippen LogP contribution in [0.5, 0.6) is 5.75 Å². The number of nitrogens with zero attached hydrogens (tertiary/aromatic N) is 2. The Hall–Kier alpha value is -2.32. The zero-order chi connectivity index (χ0) is 20.0. The summed E-state index contributed by atoms with van der Waals surface area (Å²) in [5.74, 6) is 0.109. The number of carbonyl (C=O) groups excluding carboxylic acids is 3. The van der Waals surface area contributed by atoms with Crippen LogP contribution in [-0.2, 0) is 14.4 Å². The van der Waals surface area contributed by atoms with E-state index >= 15 is 0 Å². The average Bonchev–Trinajstić information content (AvgIpc) is 2.62. The third kappa shape index (κ3) is 6.11. The van der Waals surface area contributed by atoms with Crippen molar-refractivity contribution in [3.63, 3.8) is 0 Å². The molecule has 148 valence electrons. The number of hydrogen-bond acceptors (Lipinski definition) is 4. The van der Waals surface area contributed by atoms with E-state index in [1.807, 2.05) is 0 Å². The van der Waals surface area contributed by atoms with Gasteiger partial charge in [-0.1, -0.05) is 11.6 Å². The minimum atomic E-state index is -0.331. The number of anilines is 1. The summed E-state index contributed by atoms with van der Waals surface area (Å²) in [7, 11) is 3.10. The van der Waals surface area contributed by atoms with Crippen LogP contribution in [0.4, 0.5) is 5.69 Å². The smallest absolute Gasteiger partial charge is 0.277 e. The number of quaternary nitrogens is 1. The van der Waals surface area contributed by atoms with Gasteiger partial charge in [0.1, 0.15) is 5.75 Å². The van der Waals surface area contributed by atoms with Gasteiger partial charge in [0.25, 0.3) is 5.91 Å². The van der Waals surface area contributed by atoms with Crippen LogP contribution in [0.2, 0.25) is 5.02 Å². The second-order valence-electron chi connectivity index (χ2n) is 6.58. The van der Waals surface area contributed by atoms with E-state index in [2.05, 4.69) is 5.32 Å². The molecular weight excluding hydrogens is 372 g/mol. The van der Waals surface area contributed by atoms with Crippen molar-refractivity contribution < 1.29 is 24.0 Å². The molecule has 1 aliphatic heterocycles. The summed E-state index contributed by atoms with van der Waals surface area (Å²) in [6, 6.07) is 4.93. The van der Waals surface area contributed by atoms with Crippen molar-refractivity contribution in [3.8, 4) is 5.75 Å². The highest BCUT2D eigenvalue weighted by atomic mass is 35.5. The quantitative estimate of drug-likeness (QED) is 0.677. The molecule has 0 radical (unpaired) electrons. The topological polar surface area (TPSA) is 83.4 Å². The molecular formula is C18H26ClN4O4+. The summed E-state index contributed by atoms with van der Waals surface area (Å²) in [5, 5.41) is 3.19. The minimum absolute atomic E-state index is 0.0607. The van der Waals surface area contributed by atoms with E-state index < -0.39 is 0 Å². The molecule has 1 aromatic carbocycles. The zero-order valence-corrected chi connectivity index (χ0v) is 16.6. The predicted molar refractivity (Wildman–Crippen MR) is 102 cm³/mol. The first-order chi connectivity index (χ1) is 12.8. The molecule has 9 heteroatoms. The molecule has 2 N–H and O–H groups in total. The van der Waals surface area contributed by atoms with Gasteiger partial charge in [0.2, 0.25) is 11.8 Å². The molecule has 1 aliphatic rings. The standard InChI is InChI=1S/C18H25ClN4O4/c1-13(24)23-8-6-22(7-9-23)12-18(26)21(2)11-17(25)20-15-10-14(19)4-5-16(15)27-3/h4-5,10H,6-9,11-12H2,1-3H3,(H,20,25)/p+1. The van der Waals surface area contributed by atoms with Crippen LogP contribution in [0, 0.1) is 0 Å². The second kappa shape index (κ2) is 9.57. The van der Waals surface area contributed by atoms with Crippen LogP contribution in [0.1, 0.15) is 6.92 Å². The summed E-state index contributed by atoms with van der Waals surface area (Å²) >= 11 is 5.95. The van der Waals surface area contributed by atoms with Crippen molar-refractivity contribution >= 4 is 35.0 Å². The van der Waals surface area contributed by atoms with Crippen molar-refractivity contribution in [2.45, 2.75) is 6.92 Å². The zero-order valence-electron chi connectivity index (χ0n) is 15.9. The van der Waals surface area contributed by atoms with Gasteiger partial charge in [0.15, 0.2) is 6.54 Å². The fourth-order valence-electron chi connectivity index (χ4n) is 2.93. The molecule has 0 atom stereocenters. The molecule has 2 rings (SSSR count). The predicted octanol–water partition coefficient (Wildman–Crippen LogP) is -0.507. The van der Waals surface area contributed by atoms with Gasteiger partial charge in [-0.3, -0.25) is 14.4 Å². The molecule has 0 saturated carbocycles. The van der Waals surface area contributed by atoms with Crippen LogP contribution in [-0.4, -0.2) is 80.9 Å². The van der Waals surface area contributed by atoms with E-state index in [-0.39, 0.29) is 24.3 Å². The third-order valence-electron chi connectivity index (χ3n) is 4.56. The molecule has 27 heavy (non-hydrogen) atoms. The van der Waals surface area contributed by atoms with Gasteiger partial charge >= 0.3 is 0 Å². The summed E-state index contributed by atoms with van der Waals surface area (Å²) in [6.45, 7) is 4.54. The number of piperazine rings is 1. The van der Waals surface area contributed by atoms with E-state index in [9.17, 15) is 14.4 Å². The van der Waals surface area contributed by atoms with E-state index in [1.165, 1.54) is 12.0 Å². The lowest BCUT2D eigenvalue weighted by atomic mass is 10.3. The van der Waals surface area contributed by atoms with Crippen molar-refractivity contribution in [1.29, 1.82) is 0 Å². The molecule has 0 bridgehead atoms. The van der Waals surface area contributed by atoms with Crippen molar-refractivity contribution in [3.05, 3.63) is 23.2 Å². The number of rotatable bonds is 6.